The Morgan fingerprint density at radius 2 is 1.75 bits per heavy atom. The number of methoxy groups -OCH3 is 1. The van der Waals surface area contributed by atoms with Crippen LogP contribution in [0.1, 0.15) is 0 Å². The summed E-state index contributed by atoms with van der Waals surface area (Å²) in [7, 11) is 1.44. The van der Waals surface area contributed by atoms with E-state index in [2.05, 4.69) is 0 Å². The molecule has 0 fully saturated rings. The second-order valence-electron chi connectivity index (χ2n) is 2.85. The summed E-state index contributed by atoms with van der Waals surface area (Å²) in [6, 6.07) is 6.04. The van der Waals surface area contributed by atoms with Crippen molar-refractivity contribution >= 4 is 11.9 Å². The predicted octanol–water partition coefficient (Wildman–Crippen LogP) is 0.612. The van der Waals surface area contributed by atoms with E-state index < -0.39 is 18.0 Å². The maximum absolute atomic E-state index is 10.6. The van der Waals surface area contributed by atoms with Crippen molar-refractivity contribution in [2.75, 3.05) is 7.11 Å². The van der Waals surface area contributed by atoms with Gasteiger partial charge in [0, 0.05) is 6.07 Å². The van der Waals surface area contributed by atoms with Crippen molar-refractivity contribution in [2.24, 2.45) is 0 Å². The van der Waals surface area contributed by atoms with Crippen LogP contribution in [0, 0.1) is 0 Å². The largest absolute Gasteiger partial charge is 0.497 e. The zero-order valence-electron chi connectivity index (χ0n) is 8.41. The van der Waals surface area contributed by atoms with Gasteiger partial charge in [0.15, 0.2) is 0 Å². The standard InChI is InChI=1S/C10H10O6/c1-15-6-3-2-4-7(5-6)16-8(9(11)12)10(13)14/h2-5,8H,1H3,(H,11,12)(H,13,14). The predicted molar refractivity (Wildman–Crippen MR) is 52.7 cm³/mol. The summed E-state index contributed by atoms with van der Waals surface area (Å²) >= 11 is 0. The van der Waals surface area contributed by atoms with E-state index >= 15 is 0 Å². The Balaban J connectivity index is 2.85. The van der Waals surface area contributed by atoms with Gasteiger partial charge in [-0.1, -0.05) is 6.07 Å². The van der Waals surface area contributed by atoms with Crippen LogP contribution in [0.25, 0.3) is 0 Å². The maximum Gasteiger partial charge on any atom is 0.356 e. The number of hydrogen-bond acceptors (Lipinski definition) is 4. The van der Waals surface area contributed by atoms with E-state index in [0.29, 0.717) is 5.75 Å². The summed E-state index contributed by atoms with van der Waals surface area (Å²) < 4.78 is 9.68. The first-order valence-electron chi connectivity index (χ1n) is 4.31. The van der Waals surface area contributed by atoms with Gasteiger partial charge < -0.3 is 19.7 Å². The first-order chi connectivity index (χ1) is 7.54. The van der Waals surface area contributed by atoms with Gasteiger partial charge in [-0.25, -0.2) is 9.59 Å². The van der Waals surface area contributed by atoms with E-state index in [9.17, 15) is 9.59 Å². The highest BCUT2D eigenvalue weighted by atomic mass is 16.5. The highest BCUT2D eigenvalue weighted by molar-refractivity contribution is 5.96. The van der Waals surface area contributed by atoms with Gasteiger partial charge in [-0.05, 0) is 12.1 Å². The minimum absolute atomic E-state index is 0.120. The molecule has 1 aromatic rings. The SMILES string of the molecule is COc1cccc(OC(C(=O)O)C(=O)O)c1. The van der Waals surface area contributed by atoms with Gasteiger partial charge in [0.2, 0.25) is 0 Å². The summed E-state index contributed by atoms with van der Waals surface area (Å²) in [5, 5.41) is 17.2. The normalized spacial score (nSPS) is 9.88. The van der Waals surface area contributed by atoms with Crippen molar-refractivity contribution in [1.82, 2.24) is 0 Å². The van der Waals surface area contributed by atoms with Gasteiger partial charge in [-0.15, -0.1) is 0 Å². The Morgan fingerprint density at radius 3 is 2.25 bits per heavy atom. The minimum atomic E-state index is -1.92. The molecule has 1 rings (SSSR count). The van der Waals surface area contributed by atoms with Gasteiger partial charge in [0.1, 0.15) is 11.5 Å². The fraction of sp³-hybridized carbons (Fsp3) is 0.200. The molecule has 0 saturated heterocycles. The van der Waals surface area contributed by atoms with E-state index in [1.165, 1.54) is 19.2 Å². The van der Waals surface area contributed by atoms with Crippen LogP contribution in [0.15, 0.2) is 24.3 Å². The van der Waals surface area contributed by atoms with Gasteiger partial charge in [0.05, 0.1) is 7.11 Å². The number of benzene rings is 1. The first-order valence-corrected chi connectivity index (χ1v) is 4.31. The molecule has 0 unspecified atom stereocenters. The van der Waals surface area contributed by atoms with E-state index in [4.69, 9.17) is 19.7 Å². The lowest BCUT2D eigenvalue weighted by molar-refractivity contribution is -0.159. The monoisotopic (exact) mass is 226 g/mol. The molecule has 6 nitrogen and oxygen atoms in total. The van der Waals surface area contributed by atoms with Crippen LogP contribution in [-0.2, 0) is 9.59 Å². The molecule has 6 heteroatoms. The fourth-order valence-corrected chi connectivity index (χ4v) is 1.02. The summed E-state index contributed by atoms with van der Waals surface area (Å²) in [6.45, 7) is 0. The number of ether oxygens (including phenoxy) is 2. The van der Waals surface area contributed by atoms with Crippen molar-refractivity contribution in [3.63, 3.8) is 0 Å². The third-order valence-corrected chi connectivity index (χ3v) is 1.74. The van der Waals surface area contributed by atoms with Crippen LogP contribution >= 0.6 is 0 Å². The summed E-state index contributed by atoms with van der Waals surface area (Å²) in [4.78, 5) is 21.1. The molecule has 0 heterocycles. The molecular formula is C10H10O6. The van der Waals surface area contributed by atoms with Crippen LogP contribution in [0.2, 0.25) is 0 Å². The summed E-state index contributed by atoms with van der Waals surface area (Å²) in [5.74, 6) is -2.55. The van der Waals surface area contributed by atoms with Crippen molar-refractivity contribution in [2.45, 2.75) is 6.10 Å². The third-order valence-electron chi connectivity index (χ3n) is 1.74. The van der Waals surface area contributed by atoms with Gasteiger partial charge in [-0.3, -0.25) is 0 Å². The summed E-state index contributed by atoms with van der Waals surface area (Å²) in [6.07, 6.45) is -1.92. The summed E-state index contributed by atoms with van der Waals surface area (Å²) in [5.41, 5.74) is 0. The topological polar surface area (TPSA) is 93.1 Å². The second kappa shape index (κ2) is 5.01. The Bertz CT molecular complexity index is 386. The Morgan fingerprint density at radius 1 is 1.19 bits per heavy atom. The van der Waals surface area contributed by atoms with Crippen molar-refractivity contribution in [3.05, 3.63) is 24.3 Å². The van der Waals surface area contributed by atoms with E-state index in [-0.39, 0.29) is 5.75 Å². The molecule has 0 aliphatic heterocycles. The second-order valence-corrected chi connectivity index (χ2v) is 2.85. The molecule has 16 heavy (non-hydrogen) atoms. The first kappa shape index (κ1) is 11.8. The Kier molecular flexibility index (Phi) is 3.71. The van der Waals surface area contributed by atoms with E-state index in [1.54, 1.807) is 12.1 Å². The van der Waals surface area contributed by atoms with E-state index in [0.717, 1.165) is 0 Å². The Hall–Kier alpha value is -2.24. The van der Waals surface area contributed by atoms with Crippen LogP contribution in [0.3, 0.4) is 0 Å². The molecule has 0 atom stereocenters. The van der Waals surface area contributed by atoms with Crippen LogP contribution < -0.4 is 9.47 Å². The fourth-order valence-electron chi connectivity index (χ4n) is 1.02. The average molecular weight is 226 g/mol. The number of hydrogen-bond donors (Lipinski definition) is 2. The van der Waals surface area contributed by atoms with Crippen molar-refractivity contribution < 1.29 is 29.3 Å². The highest BCUT2D eigenvalue weighted by Gasteiger charge is 2.27. The lowest BCUT2D eigenvalue weighted by atomic mass is 10.3. The third kappa shape index (κ3) is 2.88. The van der Waals surface area contributed by atoms with Crippen LogP contribution in [0.4, 0.5) is 0 Å². The van der Waals surface area contributed by atoms with Crippen molar-refractivity contribution in [1.29, 1.82) is 0 Å². The molecule has 0 amide bonds. The molecule has 86 valence electrons. The van der Waals surface area contributed by atoms with E-state index in [1.807, 2.05) is 0 Å². The molecule has 0 aliphatic carbocycles. The molecule has 0 radical (unpaired) electrons. The molecule has 1 aromatic carbocycles. The molecule has 0 saturated carbocycles. The van der Waals surface area contributed by atoms with Gasteiger partial charge >= 0.3 is 11.9 Å². The molecule has 0 spiro atoms. The lowest BCUT2D eigenvalue weighted by Gasteiger charge is -2.11. The van der Waals surface area contributed by atoms with Gasteiger partial charge in [0.25, 0.3) is 6.10 Å². The molecule has 0 bridgehead atoms. The number of carboxylic acids is 2. The minimum Gasteiger partial charge on any atom is -0.497 e. The number of carbonyl (C=O) groups is 2. The van der Waals surface area contributed by atoms with Crippen molar-refractivity contribution in [3.8, 4) is 11.5 Å². The molecular weight excluding hydrogens is 216 g/mol. The zero-order chi connectivity index (χ0) is 12.1. The average Bonchev–Trinajstić information content (AvgIpc) is 2.25. The van der Waals surface area contributed by atoms with Gasteiger partial charge in [-0.2, -0.15) is 0 Å². The highest BCUT2D eigenvalue weighted by Crippen LogP contribution is 2.20. The lowest BCUT2D eigenvalue weighted by Crippen LogP contribution is -2.35. The smallest absolute Gasteiger partial charge is 0.356 e. The molecule has 2 N–H and O–H groups in total. The quantitative estimate of drug-likeness (QED) is 0.714. The zero-order valence-corrected chi connectivity index (χ0v) is 8.41. The van der Waals surface area contributed by atoms with Crippen LogP contribution in [0.5, 0.6) is 11.5 Å². The maximum atomic E-state index is 10.6. The number of aliphatic carboxylic acids is 2. The van der Waals surface area contributed by atoms with Crippen LogP contribution in [-0.4, -0.2) is 35.4 Å². The number of carboxylic acid groups (broad SMARTS) is 2. The number of rotatable bonds is 5. The molecule has 0 aliphatic rings. The Labute approximate surface area is 91.0 Å². The molecule has 0 aromatic heterocycles.